The zero-order valence-electron chi connectivity index (χ0n) is 15.7. The first-order valence-corrected chi connectivity index (χ1v) is 9.31. The van der Waals surface area contributed by atoms with Crippen molar-refractivity contribution >= 4 is 17.5 Å². The van der Waals surface area contributed by atoms with Gasteiger partial charge in [0.15, 0.2) is 0 Å². The van der Waals surface area contributed by atoms with Crippen molar-refractivity contribution in [2.45, 2.75) is 19.0 Å². The van der Waals surface area contributed by atoms with Crippen LogP contribution in [0.4, 0.5) is 18.9 Å². The molecule has 0 radical (unpaired) electrons. The van der Waals surface area contributed by atoms with Crippen LogP contribution in [-0.4, -0.2) is 16.7 Å². The molecule has 3 aromatic rings. The van der Waals surface area contributed by atoms with Gasteiger partial charge in [-0.25, -0.2) is 13.2 Å². The smallest absolute Gasteiger partial charge is 0.255 e. The summed E-state index contributed by atoms with van der Waals surface area (Å²) in [5, 5.41) is 2.42. The minimum absolute atomic E-state index is 0.157. The van der Waals surface area contributed by atoms with Gasteiger partial charge in [0.1, 0.15) is 17.5 Å². The van der Waals surface area contributed by atoms with Gasteiger partial charge in [0.25, 0.3) is 5.91 Å². The molecule has 0 aliphatic carbocycles. The van der Waals surface area contributed by atoms with E-state index in [-0.39, 0.29) is 18.0 Å². The molecular weight excluding hydrogens is 393 g/mol. The second-order valence-electron chi connectivity index (χ2n) is 7.03. The zero-order valence-corrected chi connectivity index (χ0v) is 15.7. The highest BCUT2D eigenvalue weighted by Crippen LogP contribution is 2.34. The van der Waals surface area contributed by atoms with Gasteiger partial charge >= 0.3 is 0 Å². The van der Waals surface area contributed by atoms with Crippen molar-refractivity contribution < 1.29 is 22.8 Å². The van der Waals surface area contributed by atoms with Crippen LogP contribution in [0.1, 0.15) is 33.9 Å². The maximum atomic E-state index is 13.9. The predicted molar refractivity (Wildman–Crippen MR) is 105 cm³/mol. The molecule has 4 nitrogen and oxygen atoms in total. The van der Waals surface area contributed by atoms with Crippen LogP contribution in [0.3, 0.4) is 0 Å². The van der Waals surface area contributed by atoms with Gasteiger partial charge in [0, 0.05) is 18.2 Å². The highest BCUT2D eigenvalue weighted by atomic mass is 19.1. The Morgan fingerprint density at radius 3 is 2.37 bits per heavy atom. The van der Waals surface area contributed by atoms with Crippen molar-refractivity contribution in [2.24, 2.45) is 0 Å². The first-order valence-electron chi connectivity index (χ1n) is 9.31. The fraction of sp³-hybridized carbons (Fsp3) is 0.130. The molecule has 0 saturated heterocycles. The van der Waals surface area contributed by atoms with E-state index in [1.165, 1.54) is 24.3 Å². The monoisotopic (exact) mass is 410 g/mol. The van der Waals surface area contributed by atoms with E-state index in [1.807, 2.05) is 12.1 Å². The molecular formula is C23H17F3N2O2. The summed E-state index contributed by atoms with van der Waals surface area (Å²) < 4.78 is 40.4. The number of nitrogens with one attached hydrogen (secondary N) is 1. The summed E-state index contributed by atoms with van der Waals surface area (Å²) >= 11 is 0. The number of carbonyl (C=O) groups is 2. The van der Waals surface area contributed by atoms with Crippen molar-refractivity contribution in [3.05, 3.63) is 101 Å². The van der Waals surface area contributed by atoms with Gasteiger partial charge in [0.2, 0.25) is 5.91 Å². The lowest BCUT2D eigenvalue weighted by molar-refractivity contribution is -0.117. The number of nitrogens with zero attached hydrogens (tertiary/aromatic N) is 1. The van der Waals surface area contributed by atoms with Crippen LogP contribution < -0.4 is 5.32 Å². The number of amides is 2. The van der Waals surface area contributed by atoms with E-state index in [9.17, 15) is 22.8 Å². The SMILES string of the molecule is O=C(C[C@H](c1ccc(F)cc1)N1Cc2ccccc2C1=O)Nc1ccc(F)cc1F. The summed E-state index contributed by atoms with van der Waals surface area (Å²) in [6, 6.07) is 14.8. The Morgan fingerprint density at radius 2 is 1.67 bits per heavy atom. The van der Waals surface area contributed by atoms with Crippen molar-refractivity contribution in [3.63, 3.8) is 0 Å². The molecule has 0 aromatic heterocycles. The Kier molecular flexibility index (Phi) is 5.27. The second kappa shape index (κ2) is 8.02. The van der Waals surface area contributed by atoms with Gasteiger partial charge in [-0.1, -0.05) is 30.3 Å². The van der Waals surface area contributed by atoms with Gasteiger partial charge in [-0.2, -0.15) is 0 Å². The van der Waals surface area contributed by atoms with Crippen molar-refractivity contribution in [1.29, 1.82) is 0 Å². The van der Waals surface area contributed by atoms with Crippen LogP contribution in [0.15, 0.2) is 66.7 Å². The topological polar surface area (TPSA) is 49.4 Å². The molecule has 0 saturated carbocycles. The van der Waals surface area contributed by atoms with Crippen LogP contribution >= 0.6 is 0 Å². The van der Waals surface area contributed by atoms with E-state index in [2.05, 4.69) is 5.32 Å². The van der Waals surface area contributed by atoms with Crippen molar-refractivity contribution in [3.8, 4) is 0 Å². The summed E-state index contributed by atoms with van der Waals surface area (Å²) in [6.07, 6.45) is -0.178. The number of anilines is 1. The van der Waals surface area contributed by atoms with Gasteiger partial charge in [-0.3, -0.25) is 9.59 Å². The number of rotatable bonds is 5. The van der Waals surface area contributed by atoms with E-state index in [4.69, 9.17) is 0 Å². The molecule has 1 heterocycles. The van der Waals surface area contributed by atoms with Crippen LogP contribution in [-0.2, 0) is 11.3 Å². The molecule has 0 bridgehead atoms. The molecule has 0 fully saturated rings. The van der Waals surface area contributed by atoms with E-state index < -0.39 is 29.4 Å². The number of benzene rings is 3. The molecule has 0 unspecified atom stereocenters. The zero-order chi connectivity index (χ0) is 21.3. The standard InChI is InChI=1S/C23H17F3N2O2/c24-16-7-5-14(6-8-16)21(28-13-15-3-1-2-4-18(15)23(28)30)12-22(29)27-20-10-9-17(25)11-19(20)26/h1-11,21H,12-13H2,(H,27,29)/t21-/m1/s1. The highest BCUT2D eigenvalue weighted by Gasteiger charge is 2.34. The fourth-order valence-electron chi connectivity index (χ4n) is 3.59. The maximum absolute atomic E-state index is 13.9. The maximum Gasteiger partial charge on any atom is 0.255 e. The number of hydrogen-bond donors (Lipinski definition) is 1. The van der Waals surface area contributed by atoms with E-state index in [0.29, 0.717) is 23.7 Å². The summed E-state index contributed by atoms with van der Waals surface area (Å²) in [7, 11) is 0. The minimum atomic E-state index is -0.897. The normalized spacial score (nSPS) is 13.8. The minimum Gasteiger partial charge on any atom is -0.327 e. The number of fused-ring (bicyclic) bond motifs is 1. The third kappa shape index (κ3) is 3.91. The summed E-state index contributed by atoms with van der Waals surface area (Å²) in [4.78, 5) is 27.1. The third-order valence-corrected chi connectivity index (χ3v) is 5.06. The van der Waals surface area contributed by atoms with E-state index in [1.54, 1.807) is 17.0 Å². The van der Waals surface area contributed by atoms with Crippen molar-refractivity contribution in [2.75, 3.05) is 5.32 Å². The van der Waals surface area contributed by atoms with Crippen LogP contribution in [0.5, 0.6) is 0 Å². The van der Waals surface area contributed by atoms with Crippen LogP contribution in [0.25, 0.3) is 0 Å². The molecule has 1 N–H and O–H groups in total. The molecule has 7 heteroatoms. The average Bonchev–Trinajstić information content (AvgIpc) is 3.06. The summed E-state index contributed by atoms with van der Waals surface area (Å²) in [5.74, 6) is -2.88. The molecule has 3 aromatic carbocycles. The van der Waals surface area contributed by atoms with Crippen molar-refractivity contribution in [1.82, 2.24) is 4.90 Å². The largest absolute Gasteiger partial charge is 0.327 e. The third-order valence-electron chi connectivity index (χ3n) is 5.06. The lowest BCUT2D eigenvalue weighted by atomic mass is 10.0. The first kappa shape index (κ1) is 19.7. The molecule has 152 valence electrons. The number of carbonyl (C=O) groups excluding carboxylic acids is 2. The van der Waals surface area contributed by atoms with Gasteiger partial charge in [0.05, 0.1) is 18.2 Å². The molecule has 2 amide bonds. The van der Waals surface area contributed by atoms with Gasteiger partial charge < -0.3 is 10.2 Å². The van der Waals surface area contributed by atoms with E-state index >= 15 is 0 Å². The summed E-state index contributed by atoms with van der Waals surface area (Å²) in [6.45, 7) is 0.301. The lowest BCUT2D eigenvalue weighted by Gasteiger charge is -2.28. The van der Waals surface area contributed by atoms with Gasteiger partial charge in [-0.05, 0) is 41.5 Å². The molecule has 1 aliphatic rings. The number of halogens is 3. The second-order valence-corrected chi connectivity index (χ2v) is 7.03. The molecule has 30 heavy (non-hydrogen) atoms. The Morgan fingerprint density at radius 1 is 0.967 bits per heavy atom. The average molecular weight is 410 g/mol. The Hall–Kier alpha value is -3.61. The fourth-order valence-corrected chi connectivity index (χ4v) is 3.59. The summed E-state index contributed by atoms with van der Waals surface area (Å²) in [5.41, 5.74) is 1.80. The Balaban J connectivity index is 1.61. The molecule has 0 spiro atoms. The van der Waals surface area contributed by atoms with Gasteiger partial charge in [-0.15, -0.1) is 0 Å². The van der Waals surface area contributed by atoms with E-state index in [0.717, 1.165) is 17.7 Å². The van der Waals surface area contributed by atoms with Crippen LogP contribution in [0, 0.1) is 17.5 Å². The predicted octanol–water partition coefficient (Wildman–Crippen LogP) is 4.83. The Labute approximate surface area is 170 Å². The van der Waals surface area contributed by atoms with Crippen LogP contribution in [0.2, 0.25) is 0 Å². The molecule has 1 atom stereocenters. The highest BCUT2D eigenvalue weighted by molar-refractivity contribution is 5.99. The Bertz CT molecular complexity index is 1120. The number of hydrogen-bond acceptors (Lipinski definition) is 2. The quantitative estimate of drug-likeness (QED) is 0.655. The molecule has 1 aliphatic heterocycles. The first-order chi connectivity index (χ1) is 14.4. The lowest BCUT2D eigenvalue weighted by Crippen LogP contribution is -2.32. The molecule has 4 rings (SSSR count).